The maximum Gasteiger partial charge on any atom is 0.146 e. The Hall–Kier alpha value is -1.31. The predicted molar refractivity (Wildman–Crippen MR) is 66.0 cm³/mol. The molecule has 0 saturated carbocycles. The second-order valence-electron chi connectivity index (χ2n) is 3.98. The Labute approximate surface area is 106 Å². The van der Waals surface area contributed by atoms with Crippen molar-refractivity contribution in [1.29, 1.82) is 5.26 Å². The van der Waals surface area contributed by atoms with Crippen LogP contribution in [0.25, 0.3) is 0 Å². The van der Waals surface area contributed by atoms with Crippen molar-refractivity contribution in [3.05, 3.63) is 22.8 Å². The molecule has 0 amide bonds. The molecule has 0 aliphatic carbocycles. The largest absolute Gasteiger partial charge is 0.378 e. The zero-order valence-corrected chi connectivity index (χ0v) is 10.2. The number of nitrogens with one attached hydrogen (secondary N) is 1. The molecular weight excluding hydrogens is 238 g/mol. The van der Waals surface area contributed by atoms with E-state index >= 15 is 0 Å². The highest BCUT2D eigenvalue weighted by Gasteiger charge is 2.15. The number of nitrogens with zero attached hydrogens (tertiary/aromatic N) is 2. The molecular formula is C12H14ClN3O. The summed E-state index contributed by atoms with van der Waals surface area (Å²) in [4.78, 5) is 4.12. The van der Waals surface area contributed by atoms with Crippen molar-refractivity contribution in [1.82, 2.24) is 4.98 Å². The third-order valence-corrected chi connectivity index (χ3v) is 3.18. The fourth-order valence-electron chi connectivity index (χ4n) is 1.88. The standard InChI is InChI=1S/C12H14ClN3O/c13-11-9(8-14)3-5-15-12(11)16-6-4-10-2-1-7-17-10/h3,5,10H,1-2,4,6-7H2,(H,15,16). The van der Waals surface area contributed by atoms with Gasteiger partial charge in [-0.25, -0.2) is 4.98 Å². The van der Waals surface area contributed by atoms with Crippen LogP contribution in [0.1, 0.15) is 24.8 Å². The Morgan fingerprint density at radius 2 is 2.53 bits per heavy atom. The highest BCUT2D eigenvalue weighted by molar-refractivity contribution is 6.34. The van der Waals surface area contributed by atoms with Crippen LogP contribution < -0.4 is 5.32 Å². The Kier molecular flexibility index (Phi) is 4.18. The van der Waals surface area contributed by atoms with Crippen LogP contribution >= 0.6 is 11.6 Å². The topological polar surface area (TPSA) is 57.9 Å². The highest BCUT2D eigenvalue weighted by Crippen LogP contribution is 2.23. The number of anilines is 1. The van der Waals surface area contributed by atoms with Gasteiger partial charge in [0.05, 0.1) is 11.7 Å². The molecule has 1 atom stereocenters. The van der Waals surface area contributed by atoms with Gasteiger partial charge in [-0.2, -0.15) is 5.26 Å². The Balaban J connectivity index is 1.88. The lowest BCUT2D eigenvalue weighted by atomic mass is 10.2. The molecule has 4 nitrogen and oxygen atoms in total. The monoisotopic (exact) mass is 251 g/mol. The van der Waals surface area contributed by atoms with Crippen LogP contribution in [0, 0.1) is 11.3 Å². The Morgan fingerprint density at radius 3 is 3.24 bits per heavy atom. The van der Waals surface area contributed by atoms with Gasteiger partial charge in [0.15, 0.2) is 0 Å². The minimum atomic E-state index is 0.348. The molecule has 1 aliphatic rings. The van der Waals surface area contributed by atoms with Crippen molar-refractivity contribution in [3.8, 4) is 6.07 Å². The molecule has 2 heterocycles. The van der Waals surface area contributed by atoms with E-state index in [0.29, 0.717) is 22.5 Å². The van der Waals surface area contributed by atoms with Crippen LogP contribution in [-0.4, -0.2) is 24.2 Å². The van der Waals surface area contributed by atoms with Gasteiger partial charge in [0, 0.05) is 19.3 Å². The molecule has 1 aromatic rings. The van der Waals surface area contributed by atoms with Crippen molar-refractivity contribution in [2.45, 2.75) is 25.4 Å². The first kappa shape index (κ1) is 12.2. The maximum atomic E-state index is 8.83. The van der Waals surface area contributed by atoms with E-state index < -0.39 is 0 Å². The third kappa shape index (κ3) is 3.09. The number of hydrogen-bond acceptors (Lipinski definition) is 4. The molecule has 0 spiro atoms. The number of pyridine rings is 1. The van der Waals surface area contributed by atoms with Crippen LogP contribution in [0.15, 0.2) is 12.3 Å². The maximum absolute atomic E-state index is 8.83. The summed E-state index contributed by atoms with van der Waals surface area (Å²) >= 11 is 6.03. The lowest BCUT2D eigenvalue weighted by Crippen LogP contribution is -2.13. The molecule has 2 rings (SSSR count). The smallest absolute Gasteiger partial charge is 0.146 e. The summed E-state index contributed by atoms with van der Waals surface area (Å²) in [6.45, 7) is 1.62. The van der Waals surface area contributed by atoms with Gasteiger partial charge in [-0.3, -0.25) is 0 Å². The van der Waals surface area contributed by atoms with E-state index in [-0.39, 0.29) is 0 Å². The minimum Gasteiger partial charge on any atom is -0.378 e. The van der Waals surface area contributed by atoms with E-state index in [1.807, 2.05) is 6.07 Å². The van der Waals surface area contributed by atoms with Gasteiger partial charge in [-0.1, -0.05) is 11.6 Å². The van der Waals surface area contributed by atoms with E-state index in [0.717, 1.165) is 32.4 Å². The van der Waals surface area contributed by atoms with Crippen molar-refractivity contribution < 1.29 is 4.74 Å². The molecule has 0 bridgehead atoms. The van der Waals surface area contributed by atoms with E-state index in [9.17, 15) is 0 Å². The minimum absolute atomic E-state index is 0.348. The number of halogens is 1. The number of aromatic nitrogens is 1. The average Bonchev–Trinajstić information content (AvgIpc) is 2.84. The average molecular weight is 252 g/mol. The first-order valence-electron chi connectivity index (χ1n) is 5.71. The Morgan fingerprint density at radius 1 is 1.65 bits per heavy atom. The number of ether oxygens (including phenoxy) is 1. The summed E-state index contributed by atoms with van der Waals surface area (Å²) < 4.78 is 5.52. The zero-order chi connectivity index (χ0) is 12.1. The lowest BCUT2D eigenvalue weighted by molar-refractivity contribution is 0.107. The van der Waals surface area contributed by atoms with Crippen molar-refractivity contribution in [2.24, 2.45) is 0 Å². The summed E-state index contributed by atoms with van der Waals surface area (Å²) in [6.07, 6.45) is 5.14. The molecule has 0 radical (unpaired) electrons. The number of hydrogen-bond donors (Lipinski definition) is 1. The summed E-state index contributed by atoms with van der Waals surface area (Å²) in [7, 11) is 0. The van der Waals surface area contributed by atoms with E-state index in [1.54, 1.807) is 12.3 Å². The van der Waals surface area contributed by atoms with Gasteiger partial charge >= 0.3 is 0 Å². The normalized spacial score (nSPS) is 18.9. The van der Waals surface area contributed by atoms with Gasteiger partial charge in [0.2, 0.25) is 0 Å². The quantitative estimate of drug-likeness (QED) is 0.894. The molecule has 5 heteroatoms. The summed E-state index contributed by atoms with van der Waals surface area (Å²) in [5.41, 5.74) is 0.446. The fourth-order valence-corrected chi connectivity index (χ4v) is 2.10. The van der Waals surface area contributed by atoms with Gasteiger partial charge in [-0.05, 0) is 25.3 Å². The van der Waals surface area contributed by atoms with E-state index in [1.165, 1.54) is 0 Å². The second-order valence-corrected chi connectivity index (χ2v) is 4.36. The molecule has 1 aromatic heterocycles. The predicted octanol–water partition coefficient (Wildman–Crippen LogP) is 2.59. The fraction of sp³-hybridized carbons (Fsp3) is 0.500. The molecule has 90 valence electrons. The van der Waals surface area contributed by atoms with Crippen molar-refractivity contribution >= 4 is 17.4 Å². The van der Waals surface area contributed by atoms with Crippen LogP contribution in [-0.2, 0) is 4.74 Å². The van der Waals surface area contributed by atoms with E-state index in [2.05, 4.69) is 10.3 Å². The van der Waals surface area contributed by atoms with Gasteiger partial charge in [-0.15, -0.1) is 0 Å². The van der Waals surface area contributed by atoms with Gasteiger partial charge in [0.1, 0.15) is 16.9 Å². The molecule has 1 aliphatic heterocycles. The lowest BCUT2D eigenvalue weighted by Gasteiger charge is -2.11. The second kappa shape index (κ2) is 5.85. The summed E-state index contributed by atoms with van der Waals surface area (Å²) in [5, 5.41) is 12.4. The number of rotatable bonds is 4. The molecule has 1 saturated heterocycles. The first-order chi connectivity index (χ1) is 8.31. The first-order valence-corrected chi connectivity index (χ1v) is 6.09. The van der Waals surface area contributed by atoms with Crippen LogP contribution in [0.4, 0.5) is 5.82 Å². The van der Waals surface area contributed by atoms with Gasteiger partial charge in [0.25, 0.3) is 0 Å². The molecule has 1 N–H and O–H groups in total. The van der Waals surface area contributed by atoms with Crippen molar-refractivity contribution in [2.75, 3.05) is 18.5 Å². The van der Waals surface area contributed by atoms with Gasteiger partial charge < -0.3 is 10.1 Å². The van der Waals surface area contributed by atoms with Crippen LogP contribution in [0.5, 0.6) is 0 Å². The third-order valence-electron chi connectivity index (χ3n) is 2.79. The molecule has 0 aromatic carbocycles. The summed E-state index contributed by atoms with van der Waals surface area (Å²) in [6, 6.07) is 3.64. The summed E-state index contributed by atoms with van der Waals surface area (Å²) in [5.74, 6) is 0.573. The Bertz CT molecular complexity index is 424. The molecule has 17 heavy (non-hydrogen) atoms. The SMILES string of the molecule is N#Cc1ccnc(NCCC2CCCO2)c1Cl. The van der Waals surface area contributed by atoms with Crippen LogP contribution in [0.2, 0.25) is 5.02 Å². The highest BCUT2D eigenvalue weighted by atomic mass is 35.5. The van der Waals surface area contributed by atoms with Crippen LogP contribution in [0.3, 0.4) is 0 Å². The molecule has 1 unspecified atom stereocenters. The zero-order valence-electron chi connectivity index (χ0n) is 9.45. The van der Waals surface area contributed by atoms with Crippen molar-refractivity contribution in [3.63, 3.8) is 0 Å². The van der Waals surface area contributed by atoms with E-state index in [4.69, 9.17) is 21.6 Å². The molecule has 1 fully saturated rings. The number of nitriles is 1.